The van der Waals surface area contributed by atoms with Gasteiger partial charge in [0.1, 0.15) is 5.78 Å². The minimum absolute atomic E-state index is 0.0289. The molecule has 124 valence electrons. The summed E-state index contributed by atoms with van der Waals surface area (Å²) >= 11 is 1.44. The van der Waals surface area contributed by atoms with E-state index in [4.69, 9.17) is 5.11 Å². The average molecular weight is 328 g/mol. The van der Waals surface area contributed by atoms with Gasteiger partial charge in [-0.2, -0.15) is 0 Å². The first-order valence-corrected chi connectivity index (χ1v) is 9.00. The van der Waals surface area contributed by atoms with Crippen LogP contribution >= 0.6 is 11.8 Å². The third-order valence-electron chi connectivity index (χ3n) is 4.89. The Morgan fingerprint density at radius 2 is 1.82 bits per heavy atom. The first-order chi connectivity index (χ1) is 10.5. The molecule has 6 heteroatoms. The number of hydrogen-bond donors (Lipinski definition) is 1. The minimum atomic E-state index is -0.808. The molecule has 2 bridgehead atoms. The van der Waals surface area contributed by atoms with Gasteiger partial charge in [-0.3, -0.25) is 14.4 Å². The number of unbranched alkanes of at least 4 members (excludes halogenated alkanes) is 1. The van der Waals surface area contributed by atoms with Crippen molar-refractivity contribution in [2.75, 3.05) is 12.9 Å². The molecule has 0 heterocycles. The number of carboxylic acid groups (broad SMARTS) is 1. The van der Waals surface area contributed by atoms with E-state index in [2.05, 4.69) is 4.74 Å². The summed E-state index contributed by atoms with van der Waals surface area (Å²) in [5.41, 5.74) is 0. The summed E-state index contributed by atoms with van der Waals surface area (Å²) in [6.07, 6.45) is 5.55. The van der Waals surface area contributed by atoms with Crippen molar-refractivity contribution >= 4 is 29.5 Å². The highest BCUT2D eigenvalue weighted by Crippen LogP contribution is 2.53. The number of ketones is 1. The summed E-state index contributed by atoms with van der Waals surface area (Å²) in [5.74, 6) is 0.295. The second-order valence-electron chi connectivity index (χ2n) is 6.28. The van der Waals surface area contributed by atoms with Gasteiger partial charge in [-0.05, 0) is 43.9 Å². The fourth-order valence-electron chi connectivity index (χ4n) is 3.93. The maximum atomic E-state index is 12.5. The molecule has 0 amide bonds. The zero-order chi connectivity index (χ0) is 16.1. The number of aliphatic carboxylic acids is 1. The molecule has 1 N–H and O–H groups in total. The van der Waals surface area contributed by atoms with Crippen molar-refractivity contribution in [2.45, 2.75) is 50.2 Å². The Hall–Kier alpha value is -1.04. The molecule has 2 aliphatic rings. The zero-order valence-electron chi connectivity index (χ0n) is 13.0. The van der Waals surface area contributed by atoms with E-state index < -0.39 is 5.97 Å². The van der Waals surface area contributed by atoms with Gasteiger partial charge in [-0.25, -0.2) is 0 Å². The Morgan fingerprint density at radius 1 is 1.14 bits per heavy atom. The van der Waals surface area contributed by atoms with Crippen LogP contribution in [-0.2, 0) is 19.1 Å². The molecule has 0 radical (unpaired) electrons. The molecule has 2 rings (SSSR count). The number of Topliss-reactive ketones (excluding diaryl/α,β-unsaturated/α-hetero) is 1. The monoisotopic (exact) mass is 328 g/mol. The lowest BCUT2D eigenvalue weighted by atomic mass is 9.83. The second-order valence-corrected chi connectivity index (χ2v) is 7.44. The molecule has 4 atom stereocenters. The molecule has 0 aromatic carbocycles. The van der Waals surface area contributed by atoms with Gasteiger partial charge in [0.2, 0.25) is 0 Å². The van der Waals surface area contributed by atoms with Crippen LogP contribution in [0.25, 0.3) is 0 Å². The summed E-state index contributed by atoms with van der Waals surface area (Å²) in [6, 6.07) is 0. The Labute approximate surface area is 135 Å². The predicted molar refractivity (Wildman–Crippen MR) is 83.7 cm³/mol. The number of fused-ring (bicyclic) bond motifs is 2. The van der Waals surface area contributed by atoms with Gasteiger partial charge in [-0.15, -0.1) is 11.8 Å². The van der Waals surface area contributed by atoms with Crippen LogP contribution in [0.2, 0.25) is 0 Å². The normalized spacial score (nSPS) is 29.5. The van der Waals surface area contributed by atoms with Crippen LogP contribution in [0.5, 0.6) is 0 Å². The number of ether oxygens (including phenoxy) is 1. The molecule has 0 unspecified atom stereocenters. The van der Waals surface area contributed by atoms with E-state index in [1.807, 2.05) is 0 Å². The van der Waals surface area contributed by atoms with Gasteiger partial charge < -0.3 is 9.84 Å². The van der Waals surface area contributed by atoms with Crippen LogP contribution in [0.4, 0.5) is 0 Å². The number of esters is 1. The highest BCUT2D eigenvalue weighted by molar-refractivity contribution is 8.00. The van der Waals surface area contributed by atoms with Crippen molar-refractivity contribution in [2.24, 2.45) is 17.8 Å². The Bertz CT molecular complexity index is 436. The summed E-state index contributed by atoms with van der Waals surface area (Å²) in [5, 5.41) is 9.05. The molecule has 2 fully saturated rings. The number of hydrogen-bond acceptors (Lipinski definition) is 5. The standard InChI is InChI=1S/C16H24O5S/c1-21-14(20)5-3-2-4-12(17)15-10-6-7-11(8-10)16(15)22-9-13(18)19/h10-11,15-16H,2-9H2,1H3,(H,18,19)/t10-,11+,15+,16-/m0/s1. The smallest absolute Gasteiger partial charge is 0.313 e. The van der Waals surface area contributed by atoms with E-state index in [0.29, 0.717) is 37.5 Å². The lowest BCUT2D eigenvalue weighted by Crippen LogP contribution is -2.32. The summed E-state index contributed by atoms with van der Waals surface area (Å²) in [6.45, 7) is 0. The predicted octanol–water partition coefficient (Wildman–Crippen LogP) is 2.52. The number of carbonyl (C=O) groups is 3. The Kier molecular flexibility index (Phi) is 6.29. The van der Waals surface area contributed by atoms with Gasteiger partial charge in [0.15, 0.2) is 0 Å². The van der Waals surface area contributed by atoms with Gasteiger partial charge in [0.05, 0.1) is 12.9 Å². The van der Waals surface area contributed by atoms with E-state index in [-0.39, 0.29) is 28.7 Å². The third kappa shape index (κ3) is 4.24. The summed E-state index contributed by atoms with van der Waals surface area (Å²) < 4.78 is 4.59. The van der Waals surface area contributed by atoms with Gasteiger partial charge in [-0.1, -0.05) is 0 Å². The molecule has 22 heavy (non-hydrogen) atoms. The summed E-state index contributed by atoms with van der Waals surface area (Å²) in [4.78, 5) is 34.4. The maximum absolute atomic E-state index is 12.5. The lowest BCUT2D eigenvalue weighted by Gasteiger charge is -2.29. The average Bonchev–Trinajstić information content (AvgIpc) is 3.09. The number of methoxy groups -OCH3 is 1. The van der Waals surface area contributed by atoms with Gasteiger partial charge in [0, 0.05) is 24.0 Å². The van der Waals surface area contributed by atoms with Crippen LogP contribution < -0.4 is 0 Å². The molecule has 0 saturated heterocycles. The van der Waals surface area contributed by atoms with Crippen molar-refractivity contribution in [1.82, 2.24) is 0 Å². The maximum Gasteiger partial charge on any atom is 0.313 e. The Morgan fingerprint density at radius 3 is 2.50 bits per heavy atom. The van der Waals surface area contributed by atoms with Crippen LogP contribution in [0.1, 0.15) is 44.9 Å². The topological polar surface area (TPSA) is 80.7 Å². The van der Waals surface area contributed by atoms with Crippen LogP contribution in [0.3, 0.4) is 0 Å². The molecule has 0 aliphatic heterocycles. The first-order valence-electron chi connectivity index (χ1n) is 7.96. The van der Waals surface area contributed by atoms with Crippen molar-refractivity contribution in [3.63, 3.8) is 0 Å². The minimum Gasteiger partial charge on any atom is -0.481 e. The molecule has 0 aromatic rings. The third-order valence-corrected chi connectivity index (χ3v) is 6.37. The fourth-order valence-corrected chi connectivity index (χ4v) is 5.37. The molecule has 5 nitrogen and oxygen atoms in total. The Balaban J connectivity index is 1.81. The largest absolute Gasteiger partial charge is 0.481 e. The molecule has 0 aromatic heterocycles. The quantitative estimate of drug-likeness (QED) is 0.517. The van der Waals surface area contributed by atoms with Crippen molar-refractivity contribution in [3.8, 4) is 0 Å². The SMILES string of the molecule is COC(=O)CCCCC(=O)[C@H]1[C@H]2CC[C@H](C2)[C@@H]1SCC(=O)O. The molecule has 2 aliphatic carbocycles. The molecular weight excluding hydrogens is 304 g/mol. The van der Waals surface area contributed by atoms with Gasteiger partial charge >= 0.3 is 11.9 Å². The lowest BCUT2D eigenvalue weighted by molar-refractivity contribution is -0.141. The van der Waals surface area contributed by atoms with E-state index in [1.54, 1.807) is 0 Å². The van der Waals surface area contributed by atoms with Gasteiger partial charge in [0.25, 0.3) is 0 Å². The highest BCUT2D eigenvalue weighted by atomic mass is 32.2. The highest BCUT2D eigenvalue weighted by Gasteiger charge is 2.50. The van der Waals surface area contributed by atoms with Crippen LogP contribution in [-0.4, -0.2) is 40.9 Å². The summed E-state index contributed by atoms with van der Waals surface area (Å²) in [7, 11) is 1.37. The first kappa shape index (κ1) is 17.3. The van der Waals surface area contributed by atoms with Crippen molar-refractivity contribution in [3.05, 3.63) is 0 Å². The number of carboxylic acids is 1. The van der Waals surface area contributed by atoms with Crippen molar-refractivity contribution in [1.29, 1.82) is 0 Å². The van der Waals surface area contributed by atoms with Crippen LogP contribution in [0.15, 0.2) is 0 Å². The molecule has 2 saturated carbocycles. The van der Waals surface area contributed by atoms with E-state index in [1.165, 1.54) is 18.9 Å². The molecule has 0 spiro atoms. The van der Waals surface area contributed by atoms with E-state index in [0.717, 1.165) is 19.3 Å². The number of rotatable bonds is 9. The number of carbonyl (C=O) groups excluding carboxylic acids is 2. The second kappa shape index (κ2) is 7.99. The van der Waals surface area contributed by atoms with Crippen molar-refractivity contribution < 1.29 is 24.2 Å². The number of thioether (sulfide) groups is 1. The molecular formula is C16H24O5S. The van der Waals surface area contributed by atoms with Crippen LogP contribution in [0, 0.1) is 17.8 Å². The van der Waals surface area contributed by atoms with E-state index in [9.17, 15) is 14.4 Å². The van der Waals surface area contributed by atoms with E-state index >= 15 is 0 Å². The zero-order valence-corrected chi connectivity index (χ0v) is 13.8. The fraction of sp³-hybridized carbons (Fsp3) is 0.812.